The quantitative estimate of drug-likeness (QED) is 0.551. The average Bonchev–Trinajstić information content (AvgIpc) is 2.26. The van der Waals surface area contributed by atoms with Gasteiger partial charge in [0.05, 0.1) is 18.2 Å². The number of aliphatic hydroxyl groups is 1. The fraction of sp³-hybridized carbons (Fsp3) is 0.846. The van der Waals surface area contributed by atoms with Gasteiger partial charge in [0, 0.05) is 6.42 Å². The lowest BCUT2D eigenvalue weighted by atomic mass is 9.96. The molecule has 0 aromatic heterocycles. The van der Waals surface area contributed by atoms with E-state index in [9.17, 15) is 14.7 Å². The Morgan fingerprint density at radius 1 is 1.33 bits per heavy atom. The van der Waals surface area contributed by atoms with Gasteiger partial charge >= 0.3 is 0 Å². The fourth-order valence-corrected chi connectivity index (χ4v) is 1.66. The van der Waals surface area contributed by atoms with Crippen molar-refractivity contribution in [3.05, 3.63) is 0 Å². The van der Waals surface area contributed by atoms with Gasteiger partial charge in [0.15, 0.2) is 0 Å². The molecule has 0 aliphatic heterocycles. The zero-order valence-electron chi connectivity index (χ0n) is 11.7. The van der Waals surface area contributed by atoms with Crippen LogP contribution in [0.5, 0.6) is 0 Å². The first-order chi connectivity index (χ1) is 8.29. The maximum Gasteiger partial charge on any atom is 0.237 e. The highest BCUT2D eigenvalue weighted by molar-refractivity contribution is 5.82. The van der Waals surface area contributed by atoms with Crippen molar-refractivity contribution in [1.29, 1.82) is 0 Å². The van der Waals surface area contributed by atoms with Gasteiger partial charge in [-0.15, -0.1) is 0 Å². The Morgan fingerprint density at radius 2 is 1.89 bits per heavy atom. The third kappa shape index (κ3) is 6.12. The lowest BCUT2D eigenvalue weighted by Crippen LogP contribution is -2.51. The molecule has 2 unspecified atom stereocenters. The van der Waals surface area contributed by atoms with E-state index in [1.165, 1.54) is 0 Å². The highest BCUT2D eigenvalue weighted by Crippen LogP contribution is 2.11. The molecule has 0 fully saturated rings. The number of aldehydes is 1. The fourth-order valence-electron chi connectivity index (χ4n) is 1.66. The summed E-state index contributed by atoms with van der Waals surface area (Å²) in [6.07, 6.45) is 0.445. The highest BCUT2D eigenvalue weighted by Gasteiger charge is 2.25. The molecular weight excluding hydrogens is 232 g/mol. The second kappa shape index (κ2) is 8.21. The standard InChI is InChI=1S/C13H26N2O3/c1-8(2)7-10(11(17)5-6-16)15-13(18)12(14)9(3)4/h6,8-12,17H,5,7,14H2,1-4H3,(H,15,18)/t10?,11?,12-/m0/s1. The lowest BCUT2D eigenvalue weighted by Gasteiger charge is -2.27. The van der Waals surface area contributed by atoms with E-state index in [1.807, 2.05) is 27.7 Å². The third-order valence-electron chi connectivity index (χ3n) is 2.88. The molecule has 0 aliphatic carbocycles. The third-order valence-corrected chi connectivity index (χ3v) is 2.88. The number of amides is 1. The predicted octanol–water partition coefficient (Wildman–Crippen LogP) is 0.451. The number of carbonyl (C=O) groups excluding carboxylic acids is 2. The number of aliphatic hydroxyl groups excluding tert-OH is 1. The van der Waals surface area contributed by atoms with E-state index in [2.05, 4.69) is 5.32 Å². The SMILES string of the molecule is CC(C)CC(NC(=O)[C@@H](N)C(C)C)C(O)CC=O. The van der Waals surface area contributed by atoms with Crippen LogP contribution >= 0.6 is 0 Å². The molecule has 5 nitrogen and oxygen atoms in total. The van der Waals surface area contributed by atoms with Crippen LogP contribution < -0.4 is 11.1 Å². The topological polar surface area (TPSA) is 92.4 Å². The minimum absolute atomic E-state index is 0.0224. The van der Waals surface area contributed by atoms with Gasteiger partial charge in [-0.3, -0.25) is 4.79 Å². The van der Waals surface area contributed by atoms with Crippen LogP contribution in [0.15, 0.2) is 0 Å². The van der Waals surface area contributed by atoms with Gasteiger partial charge in [0.2, 0.25) is 5.91 Å². The summed E-state index contributed by atoms with van der Waals surface area (Å²) in [5, 5.41) is 12.6. The van der Waals surface area contributed by atoms with Gasteiger partial charge in [0.25, 0.3) is 0 Å². The number of rotatable bonds is 8. The zero-order valence-corrected chi connectivity index (χ0v) is 11.7. The molecule has 0 aliphatic rings. The largest absolute Gasteiger partial charge is 0.391 e. The van der Waals surface area contributed by atoms with Crippen LogP contribution in [0, 0.1) is 11.8 Å². The minimum Gasteiger partial charge on any atom is -0.391 e. The molecule has 0 bridgehead atoms. The maximum absolute atomic E-state index is 11.8. The molecule has 0 radical (unpaired) electrons. The monoisotopic (exact) mass is 258 g/mol. The number of hydrogen-bond acceptors (Lipinski definition) is 4. The van der Waals surface area contributed by atoms with Crippen LogP contribution in [-0.2, 0) is 9.59 Å². The predicted molar refractivity (Wildman–Crippen MR) is 70.9 cm³/mol. The lowest BCUT2D eigenvalue weighted by molar-refractivity contribution is -0.125. The Labute approximate surface area is 109 Å². The van der Waals surface area contributed by atoms with Gasteiger partial charge in [-0.2, -0.15) is 0 Å². The van der Waals surface area contributed by atoms with Crippen LogP contribution in [0.1, 0.15) is 40.5 Å². The molecule has 106 valence electrons. The van der Waals surface area contributed by atoms with Crippen molar-refractivity contribution in [3.8, 4) is 0 Å². The minimum atomic E-state index is -0.854. The van der Waals surface area contributed by atoms with Crippen LogP contribution in [0.2, 0.25) is 0 Å². The van der Waals surface area contributed by atoms with Gasteiger partial charge < -0.3 is 21.0 Å². The number of carbonyl (C=O) groups is 2. The second-order valence-electron chi connectivity index (χ2n) is 5.48. The van der Waals surface area contributed by atoms with Crippen molar-refractivity contribution >= 4 is 12.2 Å². The number of nitrogens with one attached hydrogen (secondary N) is 1. The smallest absolute Gasteiger partial charge is 0.237 e. The second-order valence-corrected chi connectivity index (χ2v) is 5.48. The first-order valence-corrected chi connectivity index (χ1v) is 6.47. The first-order valence-electron chi connectivity index (χ1n) is 6.47. The molecular formula is C13H26N2O3. The molecule has 1 amide bonds. The normalized spacial score (nSPS) is 16.4. The van der Waals surface area contributed by atoms with Gasteiger partial charge in [-0.1, -0.05) is 27.7 Å². The molecule has 3 atom stereocenters. The summed E-state index contributed by atoms with van der Waals surface area (Å²) in [7, 11) is 0. The zero-order chi connectivity index (χ0) is 14.3. The van der Waals surface area contributed by atoms with Crippen LogP contribution in [0.3, 0.4) is 0 Å². The van der Waals surface area contributed by atoms with Crippen LogP contribution in [0.4, 0.5) is 0 Å². The van der Waals surface area contributed by atoms with Crippen molar-refractivity contribution in [2.45, 2.75) is 58.7 Å². The van der Waals surface area contributed by atoms with Crippen LogP contribution in [-0.4, -0.2) is 35.5 Å². The Balaban J connectivity index is 4.57. The average molecular weight is 258 g/mol. The molecule has 0 aromatic carbocycles. The van der Waals surface area contributed by atoms with E-state index >= 15 is 0 Å². The van der Waals surface area contributed by atoms with Crippen molar-refractivity contribution in [2.75, 3.05) is 0 Å². The Hall–Kier alpha value is -0.940. The number of nitrogens with two attached hydrogens (primary N) is 1. The molecule has 4 N–H and O–H groups in total. The van der Waals surface area contributed by atoms with Gasteiger partial charge in [-0.05, 0) is 18.3 Å². The Bertz CT molecular complexity index is 267. The summed E-state index contributed by atoms with van der Waals surface area (Å²) in [5.41, 5.74) is 5.75. The van der Waals surface area contributed by atoms with Crippen molar-refractivity contribution in [2.24, 2.45) is 17.6 Å². The van der Waals surface area contributed by atoms with E-state index in [0.29, 0.717) is 18.6 Å². The van der Waals surface area contributed by atoms with Crippen LogP contribution in [0.25, 0.3) is 0 Å². The first kappa shape index (κ1) is 17.1. The number of hydrogen-bond donors (Lipinski definition) is 3. The van der Waals surface area contributed by atoms with Crippen molar-refractivity contribution < 1.29 is 14.7 Å². The molecule has 0 spiro atoms. The van der Waals surface area contributed by atoms with Gasteiger partial charge in [-0.25, -0.2) is 0 Å². The molecule has 0 saturated carbocycles. The summed E-state index contributed by atoms with van der Waals surface area (Å²) >= 11 is 0. The Kier molecular flexibility index (Phi) is 7.78. The van der Waals surface area contributed by atoms with E-state index in [0.717, 1.165) is 0 Å². The molecule has 0 rings (SSSR count). The van der Waals surface area contributed by atoms with E-state index in [1.54, 1.807) is 0 Å². The van der Waals surface area contributed by atoms with E-state index in [4.69, 9.17) is 5.73 Å². The van der Waals surface area contributed by atoms with Crippen molar-refractivity contribution in [1.82, 2.24) is 5.32 Å². The summed E-state index contributed by atoms with van der Waals surface area (Å²) in [6.45, 7) is 7.72. The molecule has 0 saturated heterocycles. The molecule has 5 heteroatoms. The van der Waals surface area contributed by atoms with E-state index < -0.39 is 18.2 Å². The summed E-state index contributed by atoms with van der Waals surface area (Å²) < 4.78 is 0. The highest BCUT2D eigenvalue weighted by atomic mass is 16.3. The molecule has 0 heterocycles. The Morgan fingerprint density at radius 3 is 2.28 bits per heavy atom. The molecule has 0 aromatic rings. The summed E-state index contributed by atoms with van der Waals surface area (Å²) in [5.74, 6) is 0.0698. The van der Waals surface area contributed by atoms with Crippen molar-refractivity contribution in [3.63, 3.8) is 0 Å². The maximum atomic E-state index is 11.8. The summed E-state index contributed by atoms with van der Waals surface area (Å²) in [4.78, 5) is 22.3. The van der Waals surface area contributed by atoms with Gasteiger partial charge in [0.1, 0.15) is 6.29 Å². The van der Waals surface area contributed by atoms with E-state index in [-0.39, 0.29) is 18.2 Å². The summed E-state index contributed by atoms with van der Waals surface area (Å²) in [6, 6.07) is -1.02. The molecule has 18 heavy (non-hydrogen) atoms.